The van der Waals surface area contributed by atoms with Gasteiger partial charge in [0.1, 0.15) is 6.54 Å². The van der Waals surface area contributed by atoms with Crippen molar-refractivity contribution in [1.82, 2.24) is 10.2 Å². The van der Waals surface area contributed by atoms with Crippen LogP contribution in [0, 0.1) is 5.41 Å². The Morgan fingerprint density at radius 2 is 1.00 bits per heavy atom. The lowest BCUT2D eigenvalue weighted by Crippen LogP contribution is -2.44. The van der Waals surface area contributed by atoms with Crippen LogP contribution in [0.1, 0.15) is 149 Å². The third-order valence-electron chi connectivity index (χ3n) is 6.50. The minimum atomic E-state index is -0.858. The minimum absolute atomic E-state index is 0.0817. The Morgan fingerprint density at radius 3 is 1.39 bits per heavy atom. The van der Waals surface area contributed by atoms with Crippen molar-refractivity contribution >= 4 is 11.9 Å². The van der Waals surface area contributed by atoms with E-state index in [0.717, 1.165) is 25.8 Å². The van der Waals surface area contributed by atoms with E-state index in [1.54, 1.807) is 4.90 Å². The van der Waals surface area contributed by atoms with Gasteiger partial charge in [-0.1, -0.05) is 136 Å². The van der Waals surface area contributed by atoms with Gasteiger partial charge in [0, 0.05) is 13.1 Å². The molecule has 3 N–H and O–H groups in total. The van der Waals surface area contributed by atoms with Crippen molar-refractivity contribution in [2.45, 2.75) is 149 Å². The summed E-state index contributed by atoms with van der Waals surface area (Å²) in [5, 5.41) is 20.6. The molecule has 0 amide bonds. The molecule has 0 aromatic heterocycles. The van der Waals surface area contributed by atoms with Gasteiger partial charge >= 0.3 is 5.97 Å². The Balaban J connectivity index is 3.72. The number of carboxylic acids is 1. The first-order valence-corrected chi connectivity index (χ1v) is 14.4. The lowest BCUT2D eigenvalue weighted by Gasteiger charge is -2.24. The molecule has 0 aromatic carbocycles. The van der Waals surface area contributed by atoms with Crippen LogP contribution in [0.4, 0.5) is 0 Å². The fourth-order valence-electron chi connectivity index (χ4n) is 4.33. The van der Waals surface area contributed by atoms with E-state index >= 15 is 0 Å². The highest BCUT2D eigenvalue weighted by atomic mass is 16.4. The summed E-state index contributed by atoms with van der Waals surface area (Å²) in [5.41, 5.74) is 0. The first kappa shape index (κ1) is 31.7. The van der Waals surface area contributed by atoms with Crippen LogP contribution in [0.25, 0.3) is 0 Å². The summed E-state index contributed by atoms with van der Waals surface area (Å²) in [6.45, 7) is 5.86. The number of carboxylic acid groups (broad SMARTS) is 1. The number of nitrogens with one attached hydrogen (secondary N) is 2. The number of guanidine groups is 1. The largest absolute Gasteiger partial charge is 0.480 e. The second-order valence-corrected chi connectivity index (χ2v) is 9.81. The van der Waals surface area contributed by atoms with Crippen LogP contribution in [0.2, 0.25) is 0 Å². The quantitative estimate of drug-likeness (QED) is 0.0719. The normalized spacial score (nSPS) is 11.0. The van der Waals surface area contributed by atoms with Crippen LogP contribution < -0.4 is 5.32 Å². The maximum Gasteiger partial charge on any atom is 0.323 e. The first-order valence-electron chi connectivity index (χ1n) is 14.4. The van der Waals surface area contributed by atoms with Crippen molar-refractivity contribution < 1.29 is 9.90 Å². The molecule has 0 spiro atoms. The topological polar surface area (TPSA) is 76.4 Å². The van der Waals surface area contributed by atoms with E-state index in [1.165, 1.54) is 116 Å². The molecule has 5 nitrogen and oxygen atoms in total. The molecule has 5 heteroatoms. The van der Waals surface area contributed by atoms with Crippen LogP contribution >= 0.6 is 0 Å². The Hall–Kier alpha value is -1.26. The molecule has 0 saturated carbocycles. The highest BCUT2D eigenvalue weighted by molar-refractivity contribution is 5.81. The van der Waals surface area contributed by atoms with E-state index in [2.05, 4.69) is 19.2 Å². The molecular weight excluding hydrogens is 410 g/mol. The zero-order valence-electron chi connectivity index (χ0n) is 22.3. The van der Waals surface area contributed by atoms with E-state index < -0.39 is 5.97 Å². The van der Waals surface area contributed by atoms with E-state index in [1.807, 2.05) is 0 Å². The molecule has 0 atom stereocenters. The third kappa shape index (κ3) is 23.7. The molecule has 0 fully saturated rings. The summed E-state index contributed by atoms with van der Waals surface area (Å²) in [6.07, 6.45) is 27.1. The second-order valence-electron chi connectivity index (χ2n) is 9.81. The molecule has 0 aliphatic heterocycles. The summed E-state index contributed by atoms with van der Waals surface area (Å²) in [5.74, 6) is -0.580. The minimum Gasteiger partial charge on any atom is -0.480 e. The molecule has 0 aliphatic rings. The second kappa shape index (κ2) is 25.4. The van der Waals surface area contributed by atoms with Gasteiger partial charge in [-0.2, -0.15) is 0 Å². The van der Waals surface area contributed by atoms with Crippen molar-refractivity contribution in [2.75, 3.05) is 19.6 Å². The summed E-state index contributed by atoms with van der Waals surface area (Å²) < 4.78 is 0. The van der Waals surface area contributed by atoms with Crippen molar-refractivity contribution in [2.24, 2.45) is 0 Å². The maximum atomic E-state index is 11.2. The van der Waals surface area contributed by atoms with E-state index in [0.29, 0.717) is 6.54 Å². The molecule has 33 heavy (non-hydrogen) atoms. The fraction of sp³-hybridized carbons (Fsp3) is 0.929. The van der Waals surface area contributed by atoms with E-state index in [4.69, 9.17) is 5.41 Å². The highest BCUT2D eigenvalue weighted by Crippen LogP contribution is 2.12. The monoisotopic (exact) mass is 467 g/mol. The van der Waals surface area contributed by atoms with Gasteiger partial charge in [0.05, 0.1) is 0 Å². The lowest BCUT2D eigenvalue weighted by atomic mass is 10.1. The number of carbonyl (C=O) groups is 1. The van der Waals surface area contributed by atoms with Crippen LogP contribution in [0.3, 0.4) is 0 Å². The van der Waals surface area contributed by atoms with Crippen molar-refractivity contribution in [3.8, 4) is 0 Å². The van der Waals surface area contributed by atoms with Crippen LogP contribution in [0.15, 0.2) is 0 Å². The first-order chi connectivity index (χ1) is 16.1. The van der Waals surface area contributed by atoms with Gasteiger partial charge < -0.3 is 15.3 Å². The third-order valence-corrected chi connectivity index (χ3v) is 6.50. The number of hydrogen-bond donors (Lipinski definition) is 3. The van der Waals surface area contributed by atoms with E-state index in [-0.39, 0.29) is 12.5 Å². The van der Waals surface area contributed by atoms with Crippen molar-refractivity contribution in [1.29, 1.82) is 5.41 Å². The predicted molar refractivity (Wildman–Crippen MR) is 143 cm³/mol. The number of hydrogen-bond acceptors (Lipinski definition) is 2. The molecule has 196 valence electrons. The average molecular weight is 468 g/mol. The smallest absolute Gasteiger partial charge is 0.323 e. The number of nitrogens with zero attached hydrogens (tertiary/aromatic N) is 1. The number of aliphatic carboxylic acids is 1. The maximum absolute atomic E-state index is 11.2. The fourth-order valence-corrected chi connectivity index (χ4v) is 4.33. The Labute approximate surface area is 206 Å². The lowest BCUT2D eigenvalue weighted by molar-refractivity contribution is -0.137. The molecule has 0 radical (unpaired) electrons. The molecule has 0 aliphatic carbocycles. The Morgan fingerprint density at radius 1 is 0.636 bits per heavy atom. The summed E-state index contributed by atoms with van der Waals surface area (Å²) >= 11 is 0. The predicted octanol–water partition coefficient (Wildman–Crippen LogP) is 8.13. The summed E-state index contributed by atoms with van der Waals surface area (Å²) in [4.78, 5) is 12.9. The molecule has 0 bridgehead atoms. The van der Waals surface area contributed by atoms with Crippen LogP contribution in [-0.2, 0) is 4.79 Å². The summed E-state index contributed by atoms with van der Waals surface area (Å²) in [6, 6.07) is 0. The zero-order chi connectivity index (χ0) is 24.4. The molecule has 0 unspecified atom stereocenters. The van der Waals surface area contributed by atoms with Gasteiger partial charge in [0.2, 0.25) is 0 Å². The van der Waals surface area contributed by atoms with Crippen LogP contribution in [-0.4, -0.2) is 41.6 Å². The standard InChI is InChI=1S/C28H57N3O2/c1-3-5-7-9-11-13-14-15-17-19-21-23-25-31(26-27(32)33)28(29)30-24-22-20-18-16-12-10-8-6-4-2/h3-26H2,1-2H3,(H2,29,30)(H,32,33). The Bertz CT molecular complexity index is 443. The van der Waals surface area contributed by atoms with Gasteiger partial charge in [-0.25, -0.2) is 0 Å². The summed E-state index contributed by atoms with van der Waals surface area (Å²) in [7, 11) is 0. The Kier molecular flexibility index (Phi) is 24.4. The van der Waals surface area contributed by atoms with Gasteiger partial charge in [0.25, 0.3) is 0 Å². The number of rotatable bonds is 25. The zero-order valence-corrected chi connectivity index (χ0v) is 22.3. The molecule has 0 heterocycles. The molecular formula is C28H57N3O2. The molecule has 0 saturated heterocycles. The van der Waals surface area contributed by atoms with Crippen LogP contribution in [0.5, 0.6) is 0 Å². The SMILES string of the molecule is CCCCCCCCCCCCCCN(CC(=O)O)C(=N)NCCCCCCCCCCC. The molecule has 0 aromatic rings. The van der Waals surface area contributed by atoms with Crippen molar-refractivity contribution in [3.05, 3.63) is 0 Å². The number of unbranched alkanes of at least 4 members (excludes halogenated alkanes) is 19. The van der Waals surface area contributed by atoms with Crippen molar-refractivity contribution in [3.63, 3.8) is 0 Å². The molecule has 0 rings (SSSR count). The van der Waals surface area contributed by atoms with E-state index in [9.17, 15) is 9.90 Å². The van der Waals surface area contributed by atoms with Gasteiger partial charge in [0.15, 0.2) is 5.96 Å². The van der Waals surface area contributed by atoms with Gasteiger partial charge in [-0.15, -0.1) is 0 Å². The highest BCUT2D eigenvalue weighted by Gasteiger charge is 2.12. The van der Waals surface area contributed by atoms with Gasteiger partial charge in [-0.3, -0.25) is 10.2 Å². The van der Waals surface area contributed by atoms with Gasteiger partial charge in [-0.05, 0) is 12.8 Å². The average Bonchev–Trinajstić information content (AvgIpc) is 2.79.